The zero-order chi connectivity index (χ0) is 17.4. The molecule has 25 heavy (non-hydrogen) atoms. The molecule has 4 heterocycles. The molecule has 1 aromatic carbocycles. The van der Waals surface area contributed by atoms with Crippen molar-refractivity contribution in [2.24, 2.45) is 0 Å². The summed E-state index contributed by atoms with van der Waals surface area (Å²) >= 11 is 0. The maximum absolute atomic E-state index is 12.9. The molecule has 1 aromatic heterocycles. The van der Waals surface area contributed by atoms with Gasteiger partial charge in [-0.1, -0.05) is 18.2 Å². The molecule has 0 radical (unpaired) electrons. The standard InChI is InChI=1S/C20H23N3O2/c1-14-6-5-7-15(21-14)11-22-12-16-10-17(13-22)23(16)20(24)18-8-3-4-9-19(18)25-2/h3-9,16-17H,10-13H2,1-2H3. The lowest BCUT2D eigenvalue weighted by Crippen LogP contribution is -2.69. The van der Waals surface area contributed by atoms with Gasteiger partial charge in [-0.3, -0.25) is 14.7 Å². The van der Waals surface area contributed by atoms with E-state index < -0.39 is 0 Å². The van der Waals surface area contributed by atoms with Crippen molar-refractivity contribution in [3.8, 4) is 5.75 Å². The molecule has 2 bridgehead atoms. The number of aryl methyl sites for hydroxylation is 1. The van der Waals surface area contributed by atoms with Crippen LogP contribution in [0.15, 0.2) is 42.5 Å². The summed E-state index contributed by atoms with van der Waals surface area (Å²) < 4.78 is 5.35. The Morgan fingerprint density at radius 3 is 2.64 bits per heavy atom. The van der Waals surface area contributed by atoms with Gasteiger partial charge in [0.1, 0.15) is 5.75 Å². The SMILES string of the molecule is COc1ccccc1C(=O)N1C2CC1CN(Cc1cccc(C)n1)C2. The molecule has 2 unspecified atom stereocenters. The largest absolute Gasteiger partial charge is 0.496 e. The van der Waals surface area contributed by atoms with Crippen LogP contribution in [0.5, 0.6) is 5.75 Å². The van der Waals surface area contributed by atoms with Gasteiger partial charge in [0, 0.05) is 37.4 Å². The van der Waals surface area contributed by atoms with E-state index in [1.165, 1.54) is 0 Å². The van der Waals surface area contributed by atoms with Gasteiger partial charge < -0.3 is 9.64 Å². The van der Waals surface area contributed by atoms with Crippen LogP contribution in [0, 0.1) is 6.92 Å². The molecule has 5 nitrogen and oxygen atoms in total. The molecule has 0 aliphatic carbocycles. The maximum atomic E-state index is 12.9. The molecule has 0 saturated carbocycles. The third-order valence-corrected chi connectivity index (χ3v) is 5.17. The number of fused-ring (bicyclic) bond motifs is 2. The van der Waals surface area contributed by atoms with Gasteiger partial charge in [-0.25, -0.2) is 0 Å². The summed E-state index contributed by atoms with van der Waals surface area (Å²) in [6.45, 7) is 4.69. The number of para-hydroxylation sites is 1. The van der Waals surface area contributed by atoms with Gasteiger partial charge in [0.25, 0.3) is 5.91 Å². The normalized spacial score (nSPS) is 22.4. The highest BCUT2D eigenvalue weighted by Gasteiger charge is 2.47. The quantitative estimate of drug-likeness (QED) is 0.860. The molecular formula is C20H23N3O2. The van der Waals surface area contributed by atoms with E-state index in [1.54, 1.807) is 7.11 Å². The number of carbonyl (C=O) groups is 1. The molecule has 3 aliphatic heterocycles. The number of hydrogen-bond donors (Lipinski definition) is 0. The van der Waals surface area contributed by atoms with Gasteiger partial charge in [0.05, 0.1) is 18.4 Å². The molecule has 3 saturated heterocycles. The molecule has 1 amide bonds. The molecule has 2 aromatic rings. The monoisotopic (exact) mass is 337 g/mol. The highest BCUT2D eigenvalue weighted by Crippen LogP contribution is 2.35. The second kappa shape index (κ2) is 6.48. The van der Waals surface area contributed by atoms with Crippen molar-refractivity contribution in [3.63, 3.8) is 0 Å². The Bertz CT molecular complexity index is 780. The minimum absolute atomic E-state index is 0.0898. The maximum Gasteiger partial charge on any atom is 0.258 e. The van der Waals surface area contributed by atoms with Crippen molar-refractivity contribution in [2.75, 3.05) is 20.2 Å². The van der Waals surface area contributed by atoms with Crippen molar-refractivity contribution in [1.82, 2.24) is 14.8 Å². The number of carbonyl (C=O) groups excluding carboxylic acids is 1. The topological polar surface area (TPSA) is 45.7 Å². The first-order valence-electron chi connectivity index (χ1n) is 8.76. The van der Waals surface area contributed by atoms with Gasteiger partial charge in [-0.2, -0.15) is 0 Å². The second-order valence-corrected chi connectivity index (χ2v) is 6.92. The van der Waals surface area contributed by atoms with Crippen molar-refractivity contribution in [3.05, 3.63) is 59.4 Å². The third-order valence-electron chi connectivity index (χ3n) is 5.17. The average Bonchev–Trinajstić information content (AvgIpc) is 2.61. The van der Waals surface area contributed by atoms with E-state index in [1.807, 2.05) is 42.2 Å². The second-order valence-electron chi connectivity index (χ2n) is 6.92. The van der Waals surface area contributed by atoms with Crippen molar-refractivity contribution < 1.29 is 9.53 Å². The van der Waals surface area contributed by atoms with E-state index in [-0.39, 0.29) is 5.91 Å². The van der Waals surface area contributed by atoms with E-state index in [9.17, 15) is 4.79 Å². The molecular weight excluding hydrogens is 314 g/mol. The number of ether oxygens (including phenoxy) is 1. The summed E-state index contributed by atoms with van der Waals surface area (Å²) in [5, 5.41) is 0. The molecule has 5 heteroatoms. The van der Waals surface area contributed by atoms with E-state index >= 15 is 0 Å². The van der Waals surface area contributed by atoms with Crippen LogP contribution < -0.4 is 4.74 Å². The molecule has 0 N–H and O–H groups in total. The van der Waals surface area contributed by atoms with E-state index in [4.69, 9.17) is 4.74 Å². The summed E-state index contributed by atoms with van der Waals surface area (Å²) in [5.74, 6) is 0.741. The number of amides is 1. The molecule has 3 fully saturated rings. The number of methoxy groups -OCH3 is 1. The molecule has 130 valence electrons. The first-order valence-corrected chi connectivity index (χ1v) is 8.76. The van der Waals surface area contributed by atoms with Crippen LogP contribution in [0.1, 0.15) is 28.2 Å². The van der Waals surface area contributed by atoms with Crippen LogP contribution in [0.2, 0.25) is 0 Å². The molecule has 5 rings (SSSR count). The van der Waals surface area contributed by atoms with E-state index in [2.05, 4.69) is 22.0 Å². The number of nitrogens with zero attached hydrogens (tertiary/aromatic N) is 3. The molecule has 0 spiro atoms. The van der Waals surface area contributed by atoms with E-state index in [0.29, 0.717) is 23.4 Å². The van der Waals surface area contributed by atoms with Crippen LogP contribution in [0.4, 0.5) is 0 Å². The first kappa shape index (κ1) is 16.1. The Hall–Kier alpha value is -2.40. The number of rotatable bonds is 4. The van der Waals surface area contributed by atoms with Gasteiger partial charge >= 0.3 is 0 Å². The minimum Gasteiger partial charge on any atom is -0.496 e. The summed E-state index contributed by atoms with van der Waals surface area (Å²) in [4.78, 5) is 22.0. The number of hydrogen-bond acceptors (Lipinski definition) is 4. The van der Waals surface area contributed by atoms with Crippen LogP contribution in [-0.2, 0) is 6.54 Å². The summed E-state index contributed by atoms with van der Waals surface area (Å²) in [7, 11) is 1.61. The Labute approximate surface area is 148 Å². The highest BCUT2D eigenvalue weighted by molar-refractivity contribution is 5.98. The summed E-state index contributed by atoms with van der Waals surface area (Å²) in [5.41, 5.74) is 2.81. The fourth-order valence-electron chi connectivity index (χ4n) is 4.03. The number of piperidine rings is 1. The predicted octanol–water partition coefficient (Wildman–Crippen LogP) is 2.50. The molecule has 3 aliphatic rings. The van der Waals surface area contributed by atoms with Crippen molar-refractivity contribution >= 4 is 5.91 Å². The van der Waals surface area contributed by atoms with Crippen molar-refractivity contribution in [2.45, 2.75) is 32.0 Å². The summed E-state index contributed by atoms with van der Waals surface area (Å²) in [6, 6.07) is 14.2. The van der Waals surface area contributed by atoms with Crippen molar-refractivity contribution in [1.29, 1.82) is 0 Å². The van der Waals surface area contributed by atoms with Gasteiger partial charge in [0.15, 0.2) is 0 Å². The predicted molar refractivity (Wildman–Crippen MR) is 95.6 cm³/mol. The lowest BCUT2D eigenvalue weighted by atomic mass is 9.86. The number of pyridine rings is 1. The molecule has 2 atom stereocenters. The Morgan fingerprint density at radius 1 is 1.16 bits per heavy atom. The lowest BCUT2D eigenvalue weighted by molar-refractivity contribution is -0.0504. The van der Waals surface area contributed by atoms with Gasteiger partial charge in [0.2, 0.25) is 0 Å². The lowest BCUT2D eigenvalue weighted by Gasteiger charge is -2.56. The van der Waals surface area contributed by atoms with Crippen LogP contribution in [-0.4, -0.2) is 53.0 Å². The Balaban J connectivity index is 1.44. The fraction of sp³-hybridized carbons (Fsp3) is 0.400. The minimum atomic E-state index is 0.0898. The number of piperazine rings is 1. The highest BCUT2D eigenvalue weighted by atomic mass is 16.5. The third kappa shape index (κ3) is 3.00. The van der Waals surface area contributed by atoms with E-state index in [0.717, 1.165) is 37.4 Å². The zero-order valence-electron chi connectivity index (χ0n) is 14.7. The smallest absolute Gasteiger partial charge is 0.258 e. The Morgan fingerprint density at radius 2 is 1.92 bits per heavy atom. The van der Waals surface area contributed by atoms with Crippen LogP contribution >= 0.6 is 0 Å². The summed E-state index contributed by atoms with van der Waals surface area (Å²) in [6.07, 6.45) is 1.10. The fourth-order valence-corrected chi connectivity index (χ4v) is 4.03. The first-order chi connectivity index (χ1) is 12.2. The van der Waals surface area contributed by atoms with Crippen LogP contribution in [0.3, 0.4) is 0 Å². The number of aromatic nitrogens is 1. The van der Waals surface area contributed by atoms with Gasteiger partial charge in [-0.15, -0.1) is 0 Å². The number of benzene rings is 1. The van der Waals surface area contributed by atoms with Gasteiger partial charge in [-0.05, 0) is 37.6 Å². The zero-order valence-corrected chi connectivity index (χ0v) is 14.7. The Kier molecular flexibility index (Phi) is 4.17. The average molecular weight is 337 g/mol. The van der Waals surface area contributed by atoms with Crippen LogP contribution in [0.25, 0.3) is 0 Å².